The summed E-state index contributed by atoms with van der Waals surface area (Å²) in [6.45, 7) is 0. The molecular formula is C8H9NO2. The molecule has 0 aromatic heterocycles. The van der Waals surface area contributed by atoms with E-state index in [9.17, 15) is 9.59 Å². The van der Waals surface area contributed by atoms with Crippen LogP contribution < -0.4 is 5.32 Å². The van der Waals surface area contributed by atoms with Crippen LogP contribution in [0.25, 0.3) is 0 Å². The van der Waals surface area contributed by atoms with E-state index in [1.807, 2.05) is 5.32 Å². The van der Waals surface area contributed by atoms with Gasteiger partial charge in [0.25, 0.3) is 0 Å². The number of hydrogen-bond acceptors (Lipinski definition) is 2. The van der Waals surface area contributed by atoms with Crippen LogP contribution in [0.1, 0.15) is 21.0 Å². The first-order valence-electron chi connectivity index (χ1n) is 6.15. The van der Waals surface area contributed by atoms with Gasteiger partial charge in [-0.05, 0) is 12.7 Å². The predicted molar refractivity (Wildman–Crippen MR) is 38.5 cm³/mol. The van der Waals surface area contributed by atoms with Gasteiger partial charge in [0.05, 0.1) is 14.6 Å². The summed E-state index contributed by atoms with van der Waals surface area (Å²) < 4.78 is 45.3. The van der Waals surface area contributed by atoms with Gasteiger partial charge in [-0.25, -0.2) is 0 Å². The minimum Gasteiger partial charge on any atom is -0.296 e. The predicted octanol–water partition coefficient (Wildman–Crippen LogP) is 0.225. The molecule has 2 aliphatic rings. The summed E-state index contributed by atoms with van der Waals surface area (Å²) in [7, 11) is 0. The van der Waals surface area contributed by atoms with Gasteiger partial charge in [0.15, 0.2) is 0 Å². The van der Waals surface area contributed by atoms with E-state index in [0.717, 1.165) is 0 Å². The summed E-state index contributed by atoms with van der Waals surface area (Å²) in [5.74, 6) is -5.00. The number of rotatable bonds is 0. The molecule has 2 unspecified atom stereocenters. The number of amides is 2. The van der Waals surface area contributed by atoms with Crippen LogP contribution in [-0.2, 0) is 9.59 Å². The minimum absolute atomic E-state index is 0.881. The molecule has 1 fully saturated rings. The zero-order valence-electron chi connectivity index (χ0n) is 11.5. The number of nitrogens with one attached hydrogen (secondary N) is 1. The molecule has 3 nitrogen and oxygen atoms in total. The Bertz CT molecular complexity index is 417. The van der Waals surface area contributed by atoms with Crippen LogP contribution >= 0.6 is 0 Å². The minimum atomic E-state index is -2.50. The Balaban J connectivity index is 2.69. The first-order chi connectivity index (χ1) is 7.61. The second-order valence-electron chi connectivity index (χ2n) is 2.35. The van der Waals surface area contributed by atoms with Gasteiger partial charge in [0.1, 0.15) is 0 Å². The standard InChI is InChI=1S/C8H9NO2/c10-7-5-3-1-2-4-6(5)8(11)9-7/h1-2,5-6H,3-4H2,(H,9,10,11)/i1D,2D,3D2,4D2. The Hall–Kier alpha value is -1.12. The monoisotopic (exact) mass is 157 g/mol. The molecule has 2 rings (SSSR count). The van der Waals surface area contributed by atoms with Crippen LogP contribution in [0.4, 0.5) is 0 Å². The maximum absolute atomic E-state index is 11.5. The average molecular weight is 157 g/mol. The number of imide groups is 1. The van der Waals surface area contributed by atoms with Crippen LogP contribution in [0, 0.1) is 11.8 Å². The second kappa shape index (κ2) is 2.19. The summed E-state index contributed by atoms with van der Waals surface area (Å²) in [4.78, 5) is 22.9. The highest BCUT2D eigenvalue weighted by molar-refractivity contribution is 6.05. The average Bonchev–Trinajstić information content (AvgIpc) is 2.50. The Kier molecular flexibility index (Phi) is 0.544. The summed E-state index contributed by atoms with van der Waals surface area (Å²) in [6, 6.07) is -1.76. The van der Waals surface area contributed by atoms with Gasteiger partial charge in [-0.2, -0.15) is 0 Å². The molecule has 1 saturated heterocycles. The summed E-state index contributed by atoms with van der Waals surface area (Å²) in [5, 5.41) is 1.86. The number of carbonyl (C=O) groups excluding carboxylic acids is 2. The van der Waals surface area contributed by atoms with E-state index < -0.39 is 48.5 Å². The van der Waals surface area contributed by atoms with Crippen LogP contribution in [-0.4, -0.2) is 11.8 Å². The van der Waals surface area contributed by atoms with Gasteiger partial charge in [0, 0.05) is 5.48 Å². The summed E-state index contributed by atoms with van der Waals surface area (Å²) >= 11 is 0. The molecule has 0 spiro atoms. The van der Waals surface area contributed by atoms with Gasteiger partial charge < -0.3 is 0 Å². The highest BCUT2D eigenvalue weighted by Gasteiger charge is 2.40. The van der Waals surface area contributed by atoms with Gasteiger partial charge in [-0.3, -0.25) is 14.9 Å². The van der Waals surface area contributed by atoms with Crippen molar-refractivity contribution in [2.24, 2.45) is 11.8 Å². The van der Waals surface area contributed by atoms with Gasteiger partial charge >= 0.3 is 0 Å². The Morgan fingerprint density at radius 3 is 2.27 bits per heavy atom. The molecule has 1 aliphatic heterocycles. The number of fused-ring (bicyclic) bond motifs is 1. The Morgan fingerprint density at radius 2 is 1.82 bits per heavy atom. The lowest BCUT2D eigenvalue weighted by molar-refractivity contribution is -0.126. The summed E-state index contributed by atoms with van der Waals surface area (Å²) in [5.41, 5.74) is 0. The van der Waals surface area contributed by atoms with Gasteiger partial charge in [-0.1, -0.05) is 12.1 Å². The lowest BCUT2D eigenvalue weighted by atomic mass is 9.85. The normalized spacial score (nSPS) is 54.2. The molecule has 0 aromatic rings. The van der Waals surface area contributed by atoms with E-state index in [1.165, 1.54) is 0 Å². The van der Waals surface area contributed by atoms with E-state index in [1.54, 1.807) is 0 Å². The van der Waals surface area contributed by atoms with Crippen LogP contribution in [0.5, 0.6) is 0 Å². The van der Waals surface area contributed by atoms with Crippen molar-refractivity contribution < 1.29 is 17.8 Å². The fraction of sp³-hybridized carbons (Fsp3) is 0.500. The second-order valence-corrected chi connectivity index (χ2v) is 2.35. The van der Waals surface area contributed by atoms with Crippen LogP contribution in [0.2, 0.25) is 0 Å². The molecule has 2 amide bonds. The van der Waals surface area contributed by atoms with Crippen molar-refractivity contribution in [2.75, 3.05) is 0 Å². The van der Waals surface area contributed by atoms with E-state index in [2.05, 4.69) is 0 Å². The molecule has 1 heterocycles. The molecule has 11 heavy (non-hydrogen) atoms. The third-order valence-corrected chi connectivity index (χ3v) is 1.66. The van der Waals surface area contributed by atoms with Crippen molar-refractivity contribution in [1.29, 1.82) is 0 Å². The van der Waals surface area contributed by atoms with E-state index in [-0.39, 0.29) is 0 Å². The molecule has 0 bridgehead atoms. The SMILES string of the molecule is [2H]C1=C([2H])C([2H])([2H])C2C(=O)NC(=O)C2C1([2H])[2H]. The molecule has 1 N–H and O–H groups in total. The molecule has 3 heteroatoms. The quantitative estimate of drug-likeness (QED) is 0.404. The number of allylic oxidation sites excluding steroid dienone is 2. The Labute approximate surface area is 72.9 Å². The van der Waals surface area contributed by atoms with E-state index >= 15 is 0 Å². The topological polar surface area (TPSA) is 46.2 Å². The van der Waals surface area contributed by atoms with Gasteiger partial charge in [-0.15, -0.1) is 0 Å². The first kappa shape index (κ1) is 2.73. The molecule has 1 aliphatic carbocycles. The third kappa shape index (κ3) is 0.878. The lowest BCUT2D eigenvalue weighted by Gasteiger charge is -2.14. The largest absolute Gasteiger partial charge is 0.296 e. The van der Waals surface area contributed by atoms with Crippen molar-refractivity contribution in [3.8, 4) is 0 Å². The zero-order valence-corrected chi connectivity index (χ0v) is 5.47. The number of hydrogen-bond donors (Lipinski definition) is 1. The Morgan fingerprint density at radius 1 is 1.36 bits per heavy atom. The zero-order chi connectivity index (χ0) is 13.2. The fourth-order valence-electron chi connectivity index (χ4n) is 1.11. The van der Waals surface area contributed by atoms with Crippen LogP contribution in [0.3, 0.4) is 0 Å². The summed E-state index contributed by atoms with van der Waals surface area (Å²) in [6.07, 6.45) is -4.99. The molecular weight excluding hydrogens is 142 g/mol. The van der Waals surface area contributed by atoms with Crippen molar-refractivity contribution in [2.45, 2.75) is 12.7 Å². The van der Waals surface area contributed by atoms with Crippen molar-refractivity contribution in [3.05, 3.63) is 12.1 Å². The van der Waals surface area contributed by atoms with Crippen molar-refractivity contribution in [1.82, 2.24) is 5.32 Å². The maximum Gasteiger partial charge on any atom is 0.230 e. The van der Waals surface area contributed by atoms with Crippen LogP contribution in [0.15, 0.2) is 12.1 Å². The fourth-order valence-corrected chi connectivity index (χ4v) is 1.11. The number of carbonyl (C=O) groups is 2. The molecule has 58 valence electrons. The molecule has 0 aromatic carbocycles. The van der Waals surface area contributed by atoms with E-state index in [4.69, 9.17) is 8.22 Å². The maximum atomic E-state index is 11.5. The van der Waals surface area contributed by atoms with Crippen molar-refractivity contribution >= 4 is 11.8 Å². The lowest BCUT2D eigenvalue weighted by Crippen LogP contribution is -2.21. The molecule has 0 radical (unpaired) electrons. The first-order valence-corrected chi connectivity index (χ1v) is 3.15. The third-order valence-electron chi connectivity index (χ3n) is 1.66. The van der Waals surface area contributed by atoms with Gasteiger partial charge in [0.2, 0.25) is 11.8 Å². The molecule has 2 atom stereocenters. The van der Waals surface area contributed by atoms with Crippen molar-refractivity contribution in [3.63, 3.8) is 0 Å². The smallest absolute Gasteiger partial charge is 0.230 e. The van der Waals surface area contributed by atoms with E-state index in [0.29, 0.717) is 0 Å². The molecule has 0 saturated carbocycles. The highest BCUT2D eigenvalue weighted by Crippen LogP contribution is 2.29. The highest BCUT2D eigenvalue weighted by atomic mass is 16.2.